The van der Waals surface area contributed by atoms with E-state index in [0.717, 1.165) is 44.6 Å². The molecule has 0 N–H and O–H groups in total. The number of hydrogen-bond acceptors (Lipinski definition) is 2. The van der Waals surface area contributed by atoms with Crippen molar-refractivity contribution < 1.29 is 0 Å². The maximum Gasteiger partial charge on any atom is 0.147 e. The summed E-state index contributed by atoms with van der Waals surface area (Å²) in [7, 11) is 0. The maximum atomic E-state index is 4.75. The Hall–Kier alpha value is -7.56. The molecule has 12 rings (SSSR count). The molecule has 4 heteroatoms. The summed E-state index contributed by atoms with van der Waals surface area (Å²) in [6.45, 7) is 0. The number of fused-ring (bicyclic) bond motifs is 10. The van der Waals surface area contributed by atoms with Crippen LogP contribution >= 0.6 is 0 Å². The lowest BCUT2D eigenvalue weighted by Gasteiger charge is -2.34. The van der Waals surface area contributed by atoms with Crippen molar-refractivity contribution in [1.82, 2.24) is 19.1 Å². The van der Waals surface area contributed by atoms with Crippen LogP contribution in [0.4, 0.5) is 0 Å². The third-order valence-corrected chi connectivity index (χ3v) is 12.1. The molecule has 266 valence electrons. The zero-order valence-corrected chi connectivity index (χ0v) is 30.9. The van der Waals surface area contributed by atoms with Crippen LogP contribution in [0.25, 0.3) is 77.5 Å². The molecule has 0 bridgehead atoms. The predicted molar refractivity (Wildman–Crippen MR) is 233 cm³/mol. The third kappa shape index (κ3) is 4.44. The van der Waals surface area contributed by atoms with Gasteiger partial charge in [-0.25, -0.2) is 4.98 Å². The first-order chi connectivity index (χ1) is 28.3. The van der Waals surface area contributed by atoms with Gasteiger partial charge >= 0.3 is 0 Å². The second-order valence-electron chi connectivity index (χ2n) is 14.9. The van der Waals surface area contributed by atoms with Gasteiger partial charge in [0.15, 0.2) is 0 Å². The van der Waals surface area contributed by atoms with E-state index in [4.69, 9.17) is 9.97 Å². The van der Waals surface area contributed by atoms with Crippen LogP contribution in [-0.2, 0) is 5.41 Å². The minimum atomic E-state index is -0.524. The van der Waals surface area contributed by atoms with Crippen LogP contribution < -0.4 is 0 Å². The van der Waals surface area contributed by atoms with Crippen molar-refractivity contribution in [3.8, 4) is 33.6 Å². The highest BCUT2D eigenvalue weighted by molar-refractivity contribution is 6.14. The zero-order chi connectivity index (χ0) is 37.5. The van der Waals surface area contributed by atoms with Crippen molar-refractivity contribution in [1.29, 1.82) is 0 Å². The summed E-state index contributed by atoms with van der Waals surface area (Å²) in [4.78, 5) is 9.44. The lowest BCUT2D eigenvalue weighted by atomic mass is 9.67. The fraction of sp³-hybridized carbons (Fsp3) is 0.0189. The average molecular weight is 727 g/mol. The van der Waals surface area contributed by atoms with E-state index in [2.05, 4.69) is 191 Å². The van der Waals surface area contributed by atoms with Crippen LogP contribution in [0.3, 0.4) is 0 Å². The van der Waals surface area contributed by atoms with E-state index in [9.17, 15) is 0 Å². The van der Waals surface area contributed by atoms with Gasteiger partial charge in [-0.3, -0.25) is 9.55 Å². The molecule has 4 aromatic heterocycles. The Balaban J connectivity index is 1.05. The summed E-state index contributed by atoms with van der Waals surface area (Å²) in [6, 6.07) is 70.8. The van der Waals surface area contributed by atoms with Crippen molar-refractivity contribution in [2.24, 2.45) is 0 Å². The normalized spacial score (nSPS) is 13.1. The number of rotatable bonds is 5. The van der Waals surface area contributed by atoms with E-state index in [-0.39, 0.29) is 0 Å². The lowest BCUT2D eigenvalue weighted by molar-refractivity contribution is 0.772. The Morgan fingerprint density at radius 1 is 0.386 bits per heavy atom. The minimum absolute atomic E-state index is 0.524. The van der Waals surface area contributed by atoms with Crippen LogP contribution in [0.5, 0.6) is 0 Å². The Bertz CT molecular complexity index is 3230. The van der Waals surface area contributed by atoms with Gasteiger partial charge in [-0.05, 0) is 93.5 Å². The molecular formula is C53H34N4. The minimum Gasteiger partial charge on any atom is -0.309 e. The summed E-state index contributed by atoms with van der Waals surface area (Å²) < 4.78 is 4.71. The van der Waals surface area contributed by atoms with Gasteiger partial charge in [0.1, 0.15) is 5.65 Å². The molecule has 0 saturated heterocycles. The summed E-state index contributed by atoms with van der Waals surface area (Å²) >= 11 is 0. The molecular weight excluding hydrogens is 693 g/mol. The first-order valence-corrected chi connectivity index (χ1v) is 19.5. The van der Waals surface area contributed by atoms with E-state index < -0.39 is 5.41 Å². The van der Waals surface area contributed by atoms with Crippen molar-refractivity contribution in [3.63, 3.8) is 0 Å². The van der Waals surface area contributed by atoms with E-state index in [1.54, 1.807) is 0 Å². The van der Waals surface area contributed by atoms with Gasteiger partial charge in [0, 0.05) is 45.5 Å². The SMILES string of the molecule is c1ccc(C2(c3ccccc3)c3ccccc3-c3ccc4c5ccccc5n(-c5ccc(-c6ccc(-n7c8cccnc8c8cccnc87)cc6)cc5)c4c32)cc1. The molecule has 0 aliphatic heterocycles. The second-order valence-corrected chi connectivity index (χ2v) is 14.9. The molecule has 0 spiro atoms. The molecule has 0 unspecified atom stereocenters. The molecule has 0 atom stereocenters. The van der Waals surface area contributed by atoms with Crippen LogP contribution in [0, 0.1) is 0 Å². The van der Waals surface area contributed by atoms with Gasteiger partial charge < -0.3 is 4.57 Å². The molecule has 0 saturated carbocycles. The Morgan fingerprint density at radius 2 is 0.965 bits per heavy atom. The van der Waals surface area contributed by atoms with Gasteiger partial charge in [-0.1, -0.05) is 140 Å². The van der Waals surface area contributed by atoms with E-state index in [1.807, 2.05) is 24.5 Å². The molecule has 0 fully saturated rings. The fourth-order valence-electron chi connectivity index (χ4n) is 9.78. The fourth-order valence-corrected chi connectivity index (χ4v) is 9.78. The van der Waals surface area contributed by atoms with Crippen LogP contribution in [0.1, 0.15) is 22.3 Å². The Kier molecular flexibility index (Phi) is 6.81. The maximum absolute atomic E-state index is 4.75. The first kappa shape index (κ1) is 31.8. The zero-order valence-electron chi connectivity index (χ0n) is 30.9. The quantitative estimate of drug-likeness (QED) is 0.177. The molecule has 7 aromatic carbocycles. The number of aromatic nitrogens is 4. The Morgan fingerprint density at radius 3 is 1.70 bits per heavy atom. The highest BCUT2D eigenvalue weighted by atomic mass is 15.1. The van der Waals surface area contributed by atoms with Crippen molar-refractivity contribution in [3.05, 3.63) is 229 Å². The smallest absolute Gasteiger partial charge is 0.147 e. The largest absolute Gasteiger partial charge is 0.309 e. The van der Waals surface area contributed by atoms with Gasteiger partial charge in [0.05, 0.1) is 27.5 Å². The topological polar surface area (TPSA) is 35.6 Å². The van der Waals surface area contributed by atoms with E-state index in [0.29, 0.717) is 0 Å². The van der Waals surface area contributed by atoms with E-state index in [1.165, 1.54) is 55.2 Å². The second kappa shape index (κ2) is 12.2. The van der Waals surface area contributed by atoms with E-state index >= 15 is 0 Å². The van der Waals surface area contributed by atoms with Crippen LogP contribution in [0.2, 0.25) is 0 Å². The van der Waals surface area contributed by atoms with Gasteiger partial charge in [0.25, 0.3) is 0 Å². The molecule has 4 nitrogen and oxygen atoms in total. The summed E-state index contributed by atoms with van der Waals surface area (Å²) in [6.07, 6.45) is 3.70. The number of pyridine rings is 2. The molecule has 1 aliphatic rings. The molecule has 0 radical (unpaired) electrons. The van der Waals surface area contributed by atoms with Crippen molar-refractivity contribution in [2.45, 2.75) is 5.41 Å². The summed E-state index contributed by atoms with van der Waals surface area (Å²) in [5.41, 5.74) is 17.1. The summed E-state index contributed by atoms with van der Waals surface area (Å²) in [5, 5.41) is 3.55. The number of hydrogen-bond donors (Lipinski definition) is 0. The molecule has 4 heterocycles. The highest BCUT2D eigenvalue weighted by Gasteiger charge is 2.48. The predicted octanol–water partition coefficient (Wildman–Crippen LogP) is 12.7. The number of para-hydroxylation sites is 1. The van der Waals surface area contributed by atoms with Crippen LogP contribution in [-0.4, -0.2) is 19.1 Å². The summed E-state index contributed by atoms with van der Waals surface area (Å²) in [5.74, 6) is 0. The van der Waals surface area contributed by atoms with Gasteiger partial charge in [-0.15, -0.1) is 0 Å². The highest BCUT2D eigenvalue weighted by Crippen LogP contribution is 2.59. The molecule has 0 amide bonds. The van der Waals surface area contributed by atoms with Crippen molar-refractivity contribution in [2.75, 3.05) is 0 Å². The number of nitrogens with zero attached hydrogens (tertiary/aromatic N) is 4. The average Bonchev–Trinajstić information content (AvgIpc) is 3.92. The molecule has 11 aromatic rings. The monoisotopic (exact) mass is 726 g/mol. The van der Waals surface area contributed by atoms with Gasteiger partial charge in [-0.2, -0.15) is 0 Å². The standard InChI is InChI=1S/C53H34N4/c1-3-13-37(14-4-1)53(38-15-5-2-6-16-38)46-20-9-7-17-41(46)43-31-32-44-42-18-8-10-21-47(42)56(51(44)49(43)53)39-27-23-35(24-28-39)36-25-29-40(30-26-36)57-48-22-12-33-54-50(48)45-19-11-34-55-52(45)57/h1-34H. The van der Waals surface area contributed by atoms with Crippen molar-refractivity contribution >= 4 is 43.9 Å². The van der Waals surface area contributed by atoms with Gasteiger partial charge in [0.2, 0.25) is 0 Å². The molecule has 57 heavy (non-hydrogen) atoms. The Labute approximate surface area is 329 Å². The third-order valence-electron chi connectivity index (χ3n) is 12.1. The van der Waals surface area contributed by atoms with Crippen LogP contribution in [0.15, 0.2) is 207 Å². The number of benzene rings is 7. The lowest BCUT2D eigenvalue weighted by Crippen LogP contribution is -2.29. The first-order valence-electron chi connectivity index (χ1n) is 19.5. The molecule has 1 aliphatic carbocycles.